The number of nitro benzene ring substituents is 1. The third-order valence-corrected chi connectivity index (χ3v) is 8.18. The highest BCUT2D eigenvalue weighted by Crippen LogP contribution is 2.48. The maximum Gasteiger partial charge on any atom is 0.269 e. The van der Waals surface area contributed by atoms with Gasteiger partial charge in [0, 0.05) is 47.0 Å². The number of non-ortho nitro benzene ring substituents is 1. The number of carbonyl (C=O) groups excluding carboxylic acids is 2. The number of hydrogen-bond acceptors (Lipinski definition) is 6. The van der Waals surface area contributed by atoms with Gasteiger partial charge in [-0.1, -0.05) is 18.6 Å². The summed E-state index contributed by atoms with van der Waals surface area (Å²) >= 11 is 1.53. The molecule has 168 valence electrons. The van der Waals surface area contributed by atoms with Gasteiger partial charge < -0.3 is 0 Å². The fourth-order valence-electron chi connectivity index (χ4n) is 5.34. The monoisotopic (exact) mass is 461 g/mol. The Kier molecular flexibility index (Phi) is 5.59. The summed E-state index contributed by atoms with van der Waals surface area (Å²) in [5, 5.41) is 21.7. The lowest BCUT2D eigenvalue weighted by Gasteiger charge is -2.37. The van der Waals surface area contributed by atoms with Crippen molar-refractivity contribution in [3.8, 4) is 6.07 Å². The van der Waals surface area contributed by atoms with E-state index in [0.29, 0.717) is 41.1 Å². The number of fused-ring (bicyclic) bond motifs is 1. The van der Waals surface area contributed by atoms with Gasteiger partial charge in [0.15, 0.2) is 5.78 Å². The van der Waals surface area contributed by atoms with Crippen molar-refractivity contribution in [2.75, 3.05) is 4.90 Å². The maximum absolute atomic E-state index is 13.5. The molecular formula is C25H23N3O4S. The summed E-state index contributed by atoms with van der Waals surface area (Å²) in [6, 6.07) is 8.49. The molecule has 3 aliphatic rings. The SMILES string of the molecule is N#Cc1c(N2C(=O)C[C@@H](c3ccc([N+](=O)[O-])cc3)C3=C2CCCC3=O)sc2c1CCCCC2. The third kappa shape index (κ3) is 3.66. The number of anilines is 1. The fraction of sp³-hybridized carbons (Fsp3) is 0.400. The number of nitrogens with zero attached hydrogens (tertiary/aromatic N) is 3. The summed E-state index contributed by atoms with van der Waals surface area (Å²) < 4.78 is 0. The minimum absolute atomic E-state index is 0.0220. The van der Waals surface area contributed by atoms with E-state index in [1.165, 1.54) is 28.3 Å². The van der Waals surface area contributed by atoms with Crippen molar-refractivity contribution in [2.45, 2.75) is 63.7 Å². The highest BCUT2D eigenvalue weighted by molar-refractivity contribution is 7.16. The Bertz CT molecular complexity index is 1240. The number of Topliss-reactive ketones (excluding diaryl/α,β-unsaturated/α-hetero) is 1. The van der Waals surface area contributed by atoms with Gasteiger partial charge in [-0.15, -0.1) is 11.3 Å². The molecule has 0 saturated heterocycles. The van der Waals surface area contributed by atoms with E-state index in [1.807, 2.05) is 0 Å². The van der Waals surface area contributed by atoms with Crippen molar-refractivity contribution >= 4 is 33.7 Å². The quantitative estimate of drug-likeness (QED) is 0.349. The van der Waals surface area contributed by atoms with Crippen LogP contribution in [-0.4, -0.2) is 16.6 Å². The van der Waals surface area contributed by atoms with Crippen molar-refractivity contribution in [3.05, 3.63) is 67.2 Å². The Morgan fingerprint density at radius 3 is 2.52 bits per heavy atom. The molecule has 7 nitrogen and oxygen atoms in total. The first kappa shape index (κ1) is 21.5. The first-order valence-electron chi connectivity index (χ1n) is 11.4. The zero-order valence-corrected chi connectivity index (χ0v) is 19.0. The highest BCUT2D eigenvalue weighted by atomic mass is 32.1. The van der Waals surface area contributed by atoms with Crippen LogP contribution in [-0.2, 0) is 22.4 Å². The van der Waals surface area contributed by atoms with Crippen LogP contribution in [0.3, 0.4) is 0 Å². The summed E-state index contributed by atoms with van der Waals surface area (Å²) in [4.78, 5) is 40.1. The molecule has 0 unspecified atom stereocenters. The second kappa shape index (κ2) is 8.56. The van der Waals surface area contributed by atoms with Crippen LogP contribution >= 0.6 is 11.3 Å². The summed E-state index contributed by atoms with van der Waals surface area (Å²) in [5.74, 6) is -0.519. The lowest BCUT2D eigenvalue weighted by atomic mass is 9.77. The zero-order valence-electron chi connectivity index (χ0n) is 18.1. The molecule has 1 atom stereocenters. The molecule has 2 aromatic rings. The Labute approximate surface area is 195 Å². The van der Waals surface area contributed by atoms with Crippen LogP contribution in [0.2, 0.25) is 0 Å². The number of allylic oxidation sites excluding steroid dienone is 2. The van der Waals surface area contributed by atoms with Crippen LogP contribution in [0.1, 0.15) is 72.4 Å². The van der Waals surface area contributed by atoms with Crippen LogP contribution in [0.25, 0.3) is 0 Å². The minimum atomic E-state index is -0.460. The Balaban J connectivity index is 1.63. The van der Waals surface area contributed by atoms with Crippen LogP contribution < -0.4 is 4.90 Å². The van der Waals surface area contributed by atoms with Gasteiger partial charge in [0.2, 0.25) is 5.91 Å². The zero-order chi connectivity index (χ0) is 23.1. The van der Waals surface area contributed by atoms with E-state index in [0.717, 1.165) is 43.2 Å². The lowest BCUT2D eigenvalue weighted by Crippen LogP contribution is -2.40. The normalized spacial score (nSPS) is 20.7. The van der Waals surface area contributed by atoms with Crippen LogP contribution in [0.4, 0.5) is 10.7 Å². The molecule has 5 rings (SSSR count). The second-order valence-electron chi connectivity index (χ2n) is 8.83. The topological polar surface area (TPSA) is 104 Å². The average molecular weight is 462 g/mol. The first-order valence-corrected chi connectivity index (χ1v) is 12.2. The molecule has 0 radical (unpaired) electrons. The summed E-state index contributed by atoms with van der Waals surface area (Å²) in [5.41, 5.74) is 3.71. The van der Waals surface area contributed by atoms with Gasteiger partial charge in [-0.3, -0.25) is 24.6 Å². The number of aryl methyl sites for hydroxylation is 1. The number of rotatable bonds is 3. The van der Waals surface area contributed by atoms with Gasteiger partial charge in [-0.05, 0) is 49.7 Å². The van der Waals surface area contributed by atoms with E-state index in [9.17, 15) is 25.0 Å². The van der Waals surface area contributed by atoms with E-state index in [1.54, 1.807) is 17.0 Å². The molecular weight excluding hydrogens is 438 g/mol. The van der Waals surface area contributed by atoms with Crippen molar-refractivity contribution in [3.63, 3.8) is 0 Å². The number of ketones is 1. The van der Waals surface area contributed by atoms with Gasteiger partial charge in [0.05, 0.1) is 10.5 Å². The summed E-state index contributed by atoms with van der Waals surface area (Å²) in [6.45, 7) is 0. The van der Waals surface area contributed by atoms with Gasteiger partial charge in [0.1, 0.15) is 11.1 Å². The average Bonchev–Trinajstić information content (AvgIpc) is 2.98. The molecule has 2 heterocycles. The Morgan fingerprint density at radius 2 is 1.79 bits per heavy atom. The molecule has 33 heavy (non-hydrogen) atoms. The smallest absolute Gasteiger partial charge is 0.269 e. The molecule has 0 fully saturated rings. The number of hydrogen-bond donors (Lipinski definition) is 0. The summed E-state index contributed by atoms with van der Waals surface area (Å²) in [6.07, 6.45) is 6.85. The number of benzene rings is 1. The molecule has 0 N–H and O–H groups in total. The van der Waals surface area contributed by atoms with E-state index in [2.05, 4.69) is 6.07 Å². The van der Waals surface area contributed by atoms with Gasteiger partial charge >= 0.3 is 0 Å². The molecule has 2 aliphatic carbocycles. The minimum Gasteiger partial charge on any atom is -0.294 e. The molecule has 0 bridgehead atoms. The van der Waals surface area contributed by atoms with Gasteiger partial charge in [0.25, 0.3) is 5.69 Å². The Hall–Kier alpha value is -3.31. The Morgan fingerprint density at radius 1 is 1.03 bits per heavy atom. The molecule has 1 aromatic carbocycles. The van der Waals surface area contributed by atoms with E-state index >= 15 is 0 Å². The number of thiophene rings is 1. The first-order chi connectivity index (χ1) is 16.0. The van der Waals surface area contributed by atoms with Crippen molar-refractivity contribution < 1.29 is 14.5 Å². The molecule has 1 aliphatic heterocycles. The standard InChI is InChI=1S/C25H23N3O4S/c26-14-19-17-5-2-1-3-8-22(17)33-25(19)27-20-6-4-7-21(29)24(20)18(13-23(27)30)15-9-11-16(12-10-15)28(31)32/h9-12,18H,1-8,13H2/t18-/m0/s1. The van der Waals surface area contributed by atoms with E-state index < -0.39 is 10.8 Å². The molecule has 1 aromatic heterocycles. The number of nitro groups is 1. The van der Waals surface area contributed by atoms with Gasteiger partial charge in [-0.2, -0.15) is 5.26 Å². The largest absolute Gasteiger partial charge is 0.294 e. The van der Waals surface area contributed by atoms with Crippen LogP contribution in [0.5, 0.6) is 0 Å². The molecule has 0 saturated carbocycles. The molecule has 8 heteroatoms. The van der Waals surface area contributed by atoms with Crippen LogP contribution in [0, 0.1) is 21.4 Å². The second-order valence-corrected chi connectivity index (χ2v) is 9.91. The number of carbonyl (C=O) groups is 2. The van der Waals surface area contributed by atoms with Gasteiger partial charge in [-0.25, -0.2) is 0 Å². The maximum atomic E-state index is 13.5. The highest BCUT2D eigenvalue weighted by Gasteiger charge is 2.41. The van der Waals surface area contributed by atoms with E-state index in [4.69, 9.17) is 0 Å². The molecule has 0 spiro atoms. The summed E-state index contributed by atoms with van der Waals surface area (Å²) in [7, 11) is 0. The number of amides is 1. The predicted octanol–water partition coefficient (Wildman–Crippen LogP) is 5.32. The van der Waals surface area contributed by atoms with Crippen molar-refractivity contribution in [1.29, 1.82) is 5.26 Å². The van der Waals surface area contributed by atoms with Crippen LogP contribution in [0.15, 0.2) is 35.5 Å². The lowest BCUT2D eigenvalue weighted by molar-refractivity contribution is -0.384. The third-order valence-electron chi connectivity index (χ3n) is 6.90. The van der Waals surface area contributed by atoms with Crippen molar-refractivity contribution in [2.24, 2.45) is 0 Å². The molecule has 1 amide bonds. The van der Waals surface area contributed by atoms with Crippen molar-refractivity contribution in [1.82, 2.24) is 0 Å². The number of nitriles is 1. The predicted molar refractivity (Wildman–Crippen MR) is 124 cm³/mol. The van der Waals surface area contributed by atoms with E-state index in [-0.39, 0.29) is 23.8 Å². The fourth-order valence-corrected chi connectivity index (χ4v) is 6.72.